The van der Waals surface area contributed by atoms with Gasteiger partial charge in [-0.15, -0.1) is 0 Å². The van der Waals surface area contributed by atoms with E-state index in [1.54, 1.807) is 6.07 Å². The second-order valence-corrected chi connectivity index (χ2v) is 5.40. The highest BCUT2D eigenvalue weighted by atomic mass is 16.1. The summed E-state index contributed by atoms with van der Waals surface area (Å²) in [4.78, 5) is 11.2. The largest absolute Gasteiger partial charge is 0.370 e. The third-order valence-corrected chi connectivity index (χ3v) is 4.24. The Morgan fingerprint density at radius 2 is 2.11 bits per heavy atom. The average Bonchev–Trinajstić information content (AvgIpc) is 2.83. The first kappa shape index (κ1) is 11.6. The van der Waals surface area contributed by atoms with Gasteiger partial charge in [-0.25, -0.2) is 4.68 Å². The van der Waals surface area contributed by atoms with Crippen molar-refractivity contribution in [2.24, 2.45) is 11.7 Å². The number of nitrogens with one attached hydrogen (secondary N) is 1. The molecule has 98 valence electrons. The summed E-state index contributed by atoms with van der Waals surface area (Å²) in [5.41, 5.74) is 5.68. The number of anilines is 1. The van der Waals surface area contributed by atoms with Crippen LogP contribution in [0.25, 0.3) is 0 Å². The number of hydrogen-bond acceptors (Lipinski definition) is 3. The zero-order chi connectivity index (χ0) is 12.5. The van der Waals surface area contributed by atoms with Crippen molar-refractivity contribution in [3.05, 3.63) is 11.8 Å². The van der Waals surface area contributed by atoms with E-state index in [0.29, 0.717) is 17.7 Å². The molecule has 1 saturated carbocycles. The van der Waals surface area contributed by atoms with Gasteiger partial charge in [0.1, 0.15) is 5.82 Å². The molecule has 1 aliphatic heterocycles. The number of carbonyl (C=O) groups excluding carboxylic acids is 1. The van der Waals surface area contributed by atoms with Crippen LogP contribution in [0.5, 0.6) is 0 Å². The van der Waals surface area contributed by atoms with E-state index in [1.165, 1.54) is 32.1 Å². The van der Waals surface area contributed by atoms with Gasteiger partial charge < -0.3 is 11.1 Å². The molecule has 2 heterocycles. The van der Waals surface area contributed by atoms with Crippen LogP contribution >= 0.6 is 0 Å². The number of nitrogens with two attached hydrogens (primary N) is 1. The predicted molar refractivity (Wildman–Crippen MR) is 69.5 cm³/mol. The molecule has 0 spiro atoms. The van der Waals surface area contributed by atoms with Crippen molar-refractivity contribution in [1.82, 2.24) is 9.78 Å². The van der Waals surface area contributed by atoms with E-state index in [1.807, 2.05) is 4.68 Å². The summed E-state index contributed by atoms with van der Waals surface area (Å²) in [7, 11) is 0. The van der Waals surface area contributed by atoms with E-state index >= 15 is 0 Å². The van der Waals surface area contributed by atoms with E-state index in [0.717, 1.165) is 18.8 Å². The van der Waals surface area contributed by atoms with E-state index in [2.05, 4.69) is 10.4 Å². The van der Waals surface area contributed by atoms with Gasteiger partial charge >= 0.3 is 0 Å². The molecule has 0 bridgehead atoms. The summed E-state index contributed by atoms with van der Waals surface area (Å²) < 4.78 is 2.00. The van der Waals surface area contributed by atoms with E-state index in [-0.39, 0.29) is 0 Å². The van der Waals surface area contributed by atoms with Gasteiger partial charge in [-0.05, 0) is 25.2 Å². The molecular weight excluding hydrogens is 228 g/mol. The molecule has 0 radical (unpaired) electrons. The number of rotatable bonds is 2. The number of carbonyl (C=O) groups is 1. The lowest BCUT2D eigenvalue weighted by Gasteiger charge is -2.34. The summed E-state index contributed by atoms with van der Waals surface area (Å²) in [5, 5.41) is 7.69. The lowest BCUT2D eigenvalue weighted by Crippen LogP contribution is -2.30. The lowest BCUT2D eigenvalue weighted by molar-refractivity contribution is 0.0993. The van der Waals surface area contributed by atoms with Crippen LogP contribution in [0.15, 0.2) is 6.07 Å². The Morgan fingerprint density at radius 1 is 1.33 bits per heavy atom. The van der Waals surface area contributed by atoms with Crippen LogP contribution in [0, 0.1) is 5.92 Å². The summed E-state index contributed by atoms with van der Waals surface area (Å²) in [6.07, 6.45) is 7.69. The molecule has 3 rings (SSSR count). The van der Waals surface area contributed by atoms with Crippen LogP contribution in [0.3, 0.4) is 0 Å². The van der Waals surface area contributed by atoms with Gasteiger partial charge in [0.25, 0.3) is 5.91 Å². The third kappa shape index (κ3) is 1.98. The second-order valence-electron chi connectivity index (χ2n) is 5.40. The number of primary amides is 1. The Kier molecular flexibility index (Phi) is 2.97. The van der Waals surface area contributed by atoms with Crippen molar-refractivity contribution in [2.45, 2.75) is 44.6 Å². The minimum Gasteiger partial charge on any atom is -0.370 e. The molecule has 1 unspecified atom stereocenters. The Labute approximate surface area is 107 Å². The van der Waals surface area contributed by atoms with Gasteiger partial charge in [-0.2, -0.15) is 5.10 Å². The molecule has 1 atom stereocenters. The zero-order valence-corrected chi connectivity index (χ0v) is 10.6. The molecule has 3 N–H and O–H groups in total. The summed E-state index contributed by atoms with van der Waals surface area (Å²) in [5.74, 6) is 1.21. The fraction of sp³-hybridized carbons (Fsp3) is 0.692. The molecule has 0 saturated heterocycles. The van der Waals surface area contributed by atoms with Gasteiger partial charge in [0.15, 0.2) is 5.69 Å². The van der Waals surface area contributed by atoms with E-state index < -0.39 is 5.91 Å². The van der Waals surface area contributed by atoms with Crippen LogP contribution in [-0.4, -0.2) is 22.2 Å². The number of amides is 1. The molecule has 18 heavy (non-hydrogen) atoms. The maximum atomic E-state index is 11.2. The van der Waals surface area contributed by atoms with Gasteiger partial charge in [-0.3, -0.25) is 4.79 Å². The number of aromatic nitrogens is 2. The normalized spacial score (nSPS) is 24.3. The van der Waals surface area contributed by atoms with Crippen LogP contribution in [0.1, 0.15) is 55.1 Å². The number of fused-ring (bicyclic) bond motifs is 1. The smallest absolute Gasteiger partial charge is 0.269 e. The van der Waals surface area contributed by atoms with E-state index in [9.17, 15) is 4.79 Å². The van der Waals surface area contributed by atoms with Crippen molar-refractivity contribution < 1.29 is 4.79 Å². The minimum atomic E-state index is -0.443. The molecule has 1 fully saturated rings. The molecule has 0 aromatic carbocycles. The topological polar surface area (TPSA) is 72.9 Å². The number of nitrogens with zero attached hydrogens (tertiary/aromatic N) is 2. The van der Waals surface area contributed by atoms with Crippen LogP contribution in [0.4, 0.5) is 5.82 Å². The highest BCUT2D eigenvalue weighted by Gasteiger charge is 2.30. The van der Waals surface area contributed by atoms with Crippen LogP contribution in [-0.2, 0) is 0 Å². The molecule has 1 aromatic rings. The summed E-state index contributed by atoms with van der Waals surface area (Å²) in [6.45, 7) is 0.963. The average molecular weight is 248 g/mol. The molecule has 1 aromatic heterocycles. The highest BCUT2D eigenvalue weighted by Crippen LogP contribution is 2.38. The van der Waals surface area contributed by atoms with Gasteiger partial charge in [-0.1, -0.05) is 19.3 Å². The SMILES string of the molecule is NC(=O)c1cc2n(n1)C(C1CCCCC1)CCN2. The van der Waals surface area contributed by atoms with Gasteiger partial charge in [0.05, 0.1) is 6.04 Å². The Hall–Kier alpha value is -1.52. The first-order valence-electron chi connectivity index (χ1n) is 6.89. The lowest BCUT2D eigenvalue weighted by atomic mass is 9.82. The summed E-state index contributed by atoms with van der Waals surface area (Å²) >= 11 is 0. The Bertz CT molecular complexity index is 448. The zero-order valence-electron chi connectivity index (χ0n) is 10.6. The quantitative estimate of drug-likeness (QED) is 0.839. The molecule has 5 heteroatoms. The Morgan fingerprint density at radius 3 is 2.83 bits per heavy atom. The van der Waals surface area contributed by atoms with Gasteiger partial charge in [0.2, 0.25) is 0 Å². The van der Waals surface area contributed by atoms with Crippen molar-refractivity contribution in [3.8, 4) is 0 Å². The summed E-state index contributed by atoms with van der Waals surface area (Å²) in [6, 6.07) is 2.21. The molecule has 2 aliphatic rings. The predicted octanol–water partition coefficient (Wildman–Crippen LogP) is 1.92. The molecular formula is C13H20N4O. The molecule has 5 nitrogen and oxygen atoms in total. The molecule has 1 amide bonds. The van der Waals surface area contributed by atoms with Crippen LogP contribution < -0.4 is 11.1 Å². The molecule has 1 aliphatic carbocycles. The highest BCUT2D eigenvalue weighted by molar-refractivity contribution is 5.91. The van der Waals surface area contributed by atoms with Crippen molar-refractivity contribution in [1.29, 1.82) is 0 Å². The minimum absolute atomic E-state index is 0.375. The third-order valence-electron chi connectivity index (χ3n) is 4.24. The maximum absolute atomic E-state index is 11.2. The van der Waals surface area contributed by atoms with E-state index in [4.69, 9.17) is 5.73 Å². The van der Waals surface area contributed by atoms with Crippen molar-refractivity contribution >= 4 is 11.7 Å². The second kappa shape index (κ2) is 4.63. The van der Waals surface area contributed by atoms with Gasteiger partial charge in [0, 0.05) is 12.6 Å². The van der Waals surface area contributed by atoms with Crippen LogP contribution in [0.2, 0.25) is 0 Å². The monoisotopic (exact) mass is 248 g/mol. The standard InChI is InChI=1S/C13H20N4O/c14-13(18)10-8-12-15-7-6-11(17(12)16-10)9-4-2-1-3-5-9/h8-9,11,15H,1-7H2,(H2,14,18). The maximum Gasteiger partial charge on any atom is 0.269 e. The Balaban J connectivity index is 1.88. The first-order chi connectivity index (χ1) is 8.75. The first-order valence-corrected chi connectivity index (χ1v) is 6.89. The van der Waals surface area contributed by atoms with Crippen molar-refractivity contribution in [2.75, 3.05) is 11.9 Å². The fourth-order valence-corrected chi connectivity index (χ4v) is 3.32. The fourth-order valence-electron chi connectivity index (χ4n) is 3.32. The van der Waals surface area contributed by atoms with Crippen molar-refractivity contribution in [3.63, 3.8) is 0 Å². The number of hydrogen-bond donors (Lipinski definition) is 2.